The van der Waals surface area contributed by atoms with Crippen molar-refractivity contribution in [2.45, 2.75) is 33.1 Å². The van der Waals surface area contributed by atoms with Crippen molar-refractivity contribution in [2.75, 3.05) is 0 Å². The number of rotatable bonds is 0. The van der Waals surface area contributed by atoms with E-state index in [2.05, 4.69) is 20.4 Å². The standard InChI is InChI=1S/C9H16/c1-7-4-5-8(2)9(3)6-7/h8-9H,1,4-6H2,2-3H3. The van der Waals surface area contributed by atoms with E-state index in [1.807, 2.05) is 0 Å². The van der Waals surface area contributed by atoms with E-state index >= 15 is 0 Å². The highest BCUT2D eigenvalue weighted by Crippen LogP contribution is 2.31. The van der Waals surface area contributed by atoms with Crippen LogP contribution in [0.15, 0.2) is 12.2 Å². The minimum absolute atomic E-state index is 0.881. The van der Waals surface area contributed by atoms with Gasteiger partial charge in [-0.05, 0) is 31.1 Å². The summed E-state index contributed by atoms with van der Waals surface area (Å²) in [5, 5.41) is 0. The Labute approximate surface area is 58.0 Å². The zero-order valence-electron chi connectivity index (χ0n) is 6.48. The van der Waals surface area contributed by atoms with Gasteiger partial charge in [0.05, 0.1) is 0 Å². The summed E-state index contributed by atoms with van der Waals surface area (Å²) in [6.45, 7) is 8.67. The maximum Gasteiger partial charge on any atom is -0.0295 e. The van der Waals surface area contributed by atoms with Crippen LogP contribution in [0.2, 0.25) is 0 Å². The van der Waals surface area contributed by atoms with E-state index in [-0.39, 0.29) is 0 Å². The lowest BCUT2D eigenvalue weighted by atomic mass is 9.80. The normalized spacial score (nSPS) is 36.9. The Morgan fingerprint density at radius 1 is 1.33 bits per heavy atom. The fraction of sp³-hybridized carbons (Fsp3) is 0.778. The highest BCUT2D eigenvalue weighted by atomic mass is 14.2. The predicted octanol–water partition coefficient (Wildman–Crippen LogP) is 3.00. The molecule has 0 heteroatoms. The molecule has 0 radical (unpaired) electrons. The lowest BCUT2D eigenvalue weighted by Gasteiger charge is -2.26. The van der Waals surface area contributed by atoms with E-state index in [1.165, 1.54) is 24.8 Å². The van der Waals surface area contributed by atoms with Crippen molar-refractivity contribution in [3.8, 4) is 0 Å². The summed E-state index contributed by atoms with van der Waals surface area (Å²) < 4.78 is 0. The molecule has 0 bridgehead atoms. The molecule has 1 aliphatic carbocycles. The third-order valence-corrected chi connectivity index (χ3v) is 2.54. The van der Waals surface area contributed by atoms with Crippen LogP contribution in [0.5, 0.6) is 0 Å². The summed E-state index contributed by atoms with van der Waals surface area (Å²) >= 11 is 0. The Morgan fingerprint density at radius 2 is 2.00 bits per heavy atom. The molecule has 0 N–H and O–H groups in total. The maximum atomic E-state index is 4.00. The van der Waals surface area contributed by atoms with Gasteiger partial charge >= 0.3 is 0 Å². The van der Waals surface area contributed by atoms with E-state index in [0.29, 0.717) is 0 Å². The van der Waals surface area contributed by atoms with Gasteiger partial charge in [-0.25, -0.2) is 0 Å². The largest absolute Gasteiger partial charge is 0.0999 e. The van der Waals surface area contributed by atoms with Crippen molar-refractivity contribution in [3.63, 3.8) is 0 Å². The van der Waals surface area contributed by atoms with Crippen LogP contribution in [0.3, 0.4) is 0 Å². The third kappa shape index (κ3) is 1.57. The lowest BCUT2D eigenvalue weighted by molar-refractivity contribution is 0.324. The summed E-state index contributed by atoms with van der Waals surface area (Å²) in [7, 11) is 0. The van der Waals surface area contributed by atoms with Gasteiger partial charge < -0.3 is 0 Å². The van der Waals surface area contributed by atoms with Crippen LogP contribution < -0.4 is 0 Å². The van der Waals surface area contributed by atoms with Crippen LogP contribution in [-0.4, -0.2) is 0 Å². The number of hydrogen-bond acceptors (Lipinski definition) is 0. The molecular formula is C9H16. The van der Waals surface area contributed by atoms with Gasteiger partial charge in [0.25, 0.3) is 0 Å². The second-order valence-corrected chi connectivity index (χ2v) is 3.45. The van der Waals surface area contributed by atoms with Gasteiger partial charge in [-0.1, -0.05) is 26.0 Å². The van der Waals surface area contributed by atoms with E-state index < -0.39 is 0 Å². The quantitative estimate of drug-likeness (QED) is 0.435. The van der Waals surface area contributed by atoms with Gasteiger partial charge in [0.2, 0.25) is 0 Å². The van der Waals surface area contributed by atoms with E-state index in [1.54, 1.807) is 0 Å². The molecule has 1 saturated carbocycles. The molecule has 1 rings (SSSR count). The highest BCUT2D eigenvalue weighted by molar-refractivity contribution is 4.99. The molecule has 2 unspecified atom stereocenters. The third-order valence-electron chi connectivity index (χ3n) is 2.54. The van der Waals surface area contributed by atoms with E-state index in [9.17, 15) is 0 Å². The summed E-state index contributed by atoms with van der Waals surface area (Å²) in [5.41, 5.74) is 1.46. The van der Waals surface area contributed by atoms with Gasteiger partial charge in [0.1, 0.15) is 0 Å². The Hall–Kier alpha value is -0.260. The summed E-state index contributed by atoms with van der Waals surface area (Å²) in [5.74, 6) is 1.81. The summed E-state index contributed by atoms with van der Waals surface area (Å²) in [4.78, 5) is 0. The van der Waals surface area contributed by atoms with Gasteiger partial charge in [-0.2, -0.15) is 0 Å². The van der Waals surface area contributed by atoms with Crippen LogP contribution in [-0.2, 0) is 0 Å². The van der Waals surface area contributed by atoms with Crippen LogP contribution >= 0.6 is 0 Å². The Kier molecular flexibility index (Phi) is 1.94. The molecule has 0 aromatic heterocycles. The zero-order chi connectivity index (χ0) is 6.85. The molecule has 0 aromatic carbocycles. The van der Waals surface area contributed by atoms with Gasteiger partial charge in [0, 0.05) is 0 Å². The Bertz CT molecular complexity index is 113. The minimum Gasteiger partial charge on any atom is -0.0999 e. The molecule has 0 amide bonds. The second-order valence-electron chi connectivity index (χ2n) is 3.45. The second kappa shape index (κ2) is 2.55. The summed E-state index contributed by atoms with van der Waals surface area (Å²) in [6.07, 6.45) is 3.90. The lowest BCUT2D eigenvalue weighted by Crippen LogP contribution is -2.14. The molecule has 1 fully saturated rings. The maximum absolute atomic E-state index is 4.00. The topological polar surface area (TPSA) is 0 Å². The van der Waals surface area contributed by atoms with Crippen molar-refractivity contribution in [2.24, 2.45) is 11.8 Å². The average molecular weight is 124 g/mol. The first-order valence-corrected chi connectivity index (χ1v) is 3.87. The molecule has 0 nitrogen and oxygen atoms in total. The van der Waals surface area contributed by atoms with Crippen LogP contribution in [0, 0.1) is 11.8 Å². The smallest absolute Gasteiger partial charge is 0.0295 e. The fourth-order valence-corrected chi connectivity index (χ4v) is 1.47. The number of allylic oxidation sites excluding steroid dienone is 1. The van der Waals surface area contributed by atoms with Crippen molar-refractivity contribution in [3.05, 3.63) is 12.2 Å². The first kappa shape index (κ1) is 6.85. The monoisotopic (exact) mass is 124 g/mol. The molecule has 2 atom stereocenters. The van der Waals surface area contributed by atoms with Crippen molar-refractivity contribution >= 4 is 0 Å². The van der Waals surface area contributed by atoms with E-state index in [0.717, 1.165) is 11.8 Å². The Balaban J connectivity index is 2.44. The zero-order valence-corrected chi connectivity index (χ0v) is 6.48. The molecule has 0 saturated heterocycles. The molecule has 9 heavy (non-hydrogen) atoms. The van der Waals surface area contributed by atoms with Crippen molar-refractivity contribution < 1.29 is 0 Å². The Morgan fingerprint density at radius 3 is 2.44 bits per heavy atom. The van der Waals surface area contributed by atoms with Crippen LogP contribution in [0.25, 0.3) is 0 Å². The predicted molar refractivity (Wildman–Crippen MR) is 41.3 cm³/mol. The van der Waals surface area contributed by atoms with Crippen LogP contribution in [0.1, 0.15) is 33.1 Å². The molecule has 1 aliphatic rings. The van der Waals surface area contributed by atoms with Crippen LogP contribution in [0.4, 0.5) is 0 Å². The molecule has 52 valence electrons. The fourth-order valence-electron chi connectivity index (χ4n) is 1.47. The summed E-state index contributed by atoms with van der Waals surface area (Å²) in [6, 6.07) is 0. The molecule has 0 heterocycles. The van der Waals surface area contributed by atoms with Gasteiger partial charge in [-0.3, -0.25) is 0 Å². The van der Waals surface area contributed by atoms with Gasteiger partial charge in [0.15, 0.2) is 0 Å². The van der Waals surface area contributed by atoms with Crippen molar-refractivity contribution in [1.29, 1.82) is 0 Å². The molecule has 0 aliphatic heterocycles. The van der Waals surface area contributed by atoms with E-state index in [4.69, 9.17) is 0 Å². The SMILES string of the molecule is C=C1CCC(C)C(C)C1. The first-order chi connectivity index (χ1) is 4.20. The molecular weight excluding hydrogens is 108 g/mol. The molecule has 0 spiro atoms. The number of hydrogen-bond donors (Lipinski definition) is 0. The van der Waals surface area contributed by atoms with Gasteiger partial charge in [-0.15, -0.1) is 0 Å². The minimum atomic E-state index is 0.881. The van der Waals surface area contributed by atoms with Crippen molar-refractivity contribution in [1.82, 2.24) is 0 Å². The first-order valence-electron chi connectivity index (χ1n) is 3.87. The highest BCUT2D eigenvalue weighted by Gasteiger charge is 2.18. The molecule has 0 aromatic rings. The average Bonchev–Trinajstić information content (AvgIpc) is 1.80.